The summed E-state index contributed by atoms with van der Waals surface area (Å²) < 4.78 is 10.9. The van der Waals surface area contributed by atoms with Crippen LogP contribution in [0.25, 0.3) is 0 Å². The smallest absolute Gasteiger partial charge is 0.190 e. The molecule has 0 aliphatic carbocycles. The van der Waals surface area contributed by atoms with Crippen LogP contribution in [0.15, 0.2) is 59.8 Å². The molecule has 0 bridgehead atoms. The lowest BCUT2D eigenvalue weighted by Crippen LogP contribution is -2.08. The van der Waals surface area contributed by atoms with E-state index in [2.05, 4.69) is 16.0 Å². The highest BCUT2D eigenvalue weighted by molar-refractivity contribution is 7.98. The lowest BCUT2D eigenvalue weighted by atomic mass is 10.2. The van der Waals surface area contributed by atoms with Gasteiger partial charge in [0.15, 0.2) is 5.16 Å². The fourth-order valence-electron chi connectivity index (χ4n) is 2.34. The zero-order valence-corrected chi connectivity index (χ0v) is 15.6. The van der Waals surface area contributed by atoms with Crippen molar-refractivity contribution in [3.63, 3.8) is 0 Å². The van der Waals surface area contributed by atoms with Crippen LogP contribution in [0.1, 0.15) is 16.8 Å². The second-order valence-electron chi connectivity index (χ2n) is 5.56. The van der Waals surface area contributed by atoms with Gasteiger partial charge in [0.2, 0.25) is 0 Å². The van der Waals surface area contributed by atoms with Crippen molar-refractivity contribution in [1.82, 2.24) is 9.97 Å². The minimum atomic E-state index is 0.126. The van der Waals surface area contributed by atoms with Crippen molar-refractivity contribution in [3.05, 3.63) is 71.4 Å². The molecule has 0 spiro atoms. The molecule has 3 rings (SSSR count). The van der Waals surface area contributed by atoms with E-state index in [9.17, 15) is 5.26 Å². The third-order valence-corrected chi connectivity index (χ3v) is 4.67. The molecule has 0 fully saturated rings. The number of methoxy groups -OCH3 is 1. The number of rotatable bonds is 7. The molecule has 0 aliphatic rings. The number of hydrogen-bond acceptors (Lipinski definition) is 7. The molecular weight excluding hydrogens is 360 g/mol. The first kappa shape index (κ1) is 18.5. The van der Waals surface area contributed by atoms with Crippen molar-refractivity contribution in [2.24, 2.45) is 0 Å². The number of nitriles is 1. The second kappa shape index (κ2) is 8.92. The van der Waals surface area contributed by atoms with Crippen LogP contribution in [0.2, 0.25) is 0 Å². The van der Waals surface area contributed by atoms with E-state index in [-0.39, 0.29) is 18.0 Å². The van der Waals surface area contributed by atoms with Crippen LogP contribution < -0.4 is 15.2 Å². The quantitative estimate of drug-likeness (QED) is 0.493. The Bertz CT molecular complexity index is 941. The Hall–Kier alpha value is -3.24. The summed E-state index contributed by atoms with van der Waals surface area (Å²) in [4.78, 5) is 8.70. The molecule has 1 heterocycles. The summed E-state index contributed by atoms with van der Waals surface area (Å²) in [5.41, 5.74) is 7.82. The van der Waals surface area contributed by atoms with Crippen LogP contribution in [-0.2, 0) is 12.4 Å². The van der Waals surface area contributed by atoms with Crippen LogP contribution in [-0.4, -0.2) is 17.1 Å². The fraction of sp³-hybridized carbons (Fsp3) is 0.150. The van der Waals surface area contributed by atoms with E-state index in [0.29, 0.717) is 22.4 Å². The topological polar surface area (TPSA) is 94.1 Å². The first-order valence-corrected chi connectivity index (χ1v) is 9.18. The largest absolute Gasteiger partial charge is 0.497 e. The first-order valence-electron chi connectivity index (χ1n) is 8.19. The van der Waals surface area contributed by atoms with Crippen molar-refractivity contribution >= 4 is 17.6 Å². The zero-order chi connectivity index (χ0) is 19.1. The van der Waals surface area contributed by atoms with Crippen molar-refractivity contribution in [3.8, 4) is 17.6 Å². The Morgan fingerprint density at radius 1 is 1.04 bits per heavy atom. The van der Waals surface area contributed by atoms with E-state index in [1.807, 2.05) is 30.3 Å². The summed E-state index contributed by atoms with van der Waals surface area (Å²) in [6, 6.07) is 19.3. The highest BCUT2D eigenvalue weighted by atomic mass is 32.2. The van der Waals surface area contributed by atoms with Gasteiger partial charge in [-0.25, -0.2) is 9.97 Å². The molecule has 0 saturated heterocycles. The lowest BCUT2D eigenvalue weighted by molar-refractivity contribution is 0.299. The van der Waals surface area contributed by atoms with E-state index in [1.165, 1.54) is 11.8 Å². The summed E-state index contributed by atoms with van der Waals surface area (Å²) in [6.07, 6.45) is 0. The van der Waals surface area contributed by atoms with E-state index < -0.39 is 0 Å². The molecule has 0 unspecified atom stereocenters. The maximum atomic E-state index is 9.37. The summed E-state index contributed by atoms with van der Waals surface area (Å²) in [7, 11) is 1.60. The van der Waals surface area contributed by atoms with Crippen molar-refractivity contribution in [1.29, 1.82) is 5.26 Å². The van der Waals surface area contributed by atoms with Gasteiger partial charge < -0.3 is 15.2 Å². The lowest BCUT2D eigenvalue weighted by Gasteiger charge is -2.10. The molecule has 27 heavy (non-hydrogen) atoms. The van der Waals surface area contributed by atoms with Crippen LogP contribution in [0.4, 0.5) is 5.82 Å². The summed E-state index contributed by atoms with van der Waals surface area (Å²) >= 11 is 1.46. The van der Waals surface area contributed by atoms with Gasteiger partial charge in [0.25, 0.3) is 0 Å². The molecule has 0 saturated carbocycles. The second-order valence-corrected chi connectivity index (χ2v) is 6.51. The van der Waals surface area contributed by atoms with Crippen LogP contribution in [0.3, 0.4) is 0 Å². The number of ether oxygens (including phenoxy) is 2. The Kier molecular flexibility index (Phi) is 6.13. The molecule has 1 aromatic heterocycles. The van der Waals surface area contributed by atoms with Gasteiger partial charge in [-0.3, -0.25) is 0 Å². The van der Waals surface area contributed by atoms with E-state index in [4.69, 9.17) is 15.2 Å². The highest BCUT2D eigenvalue weighted by Crippen LogP contribution is 2.24. The number of thioether (sulfide) groups is 1. The van der Waals surface area contributed by atoms with E-state index in [1.54, 1.807) is 31.4 Å². The van der Waals surface area contributed by atoms with Gasteiger partial charge in [0.1, 0.15) is 41.3 Å². The zero-order valence-electron chi connectivity index (χ0n) is 14.8. The van der Waals surface area contributed by atoms with E-state index >= 15 is 0 Å². The predicted octanol–water partition coefficient (Wildman–Crippen LogP) is 3.81. The average molecular weight is 378 g/mol. The van der Waals surface area contributed by atoms with Crippen molar-refractivity contribution in [2.45, 2.75) is 17.5 Å². The highest BCUT2D eigenvalue weighted by Gasteiger charge is 2.13. The number of anilines is 1. The van der Waals surface area contributed by atoms with Gasteiger partial charge in [0, 0.05) is 5.75 Å². The summed E-state index contributed by atoms with van der Waals surface area (Å²) in [6.45, 7) is 0.126. The van der Waals surface area contributed by atoms with Gasteiger partial charge in [0.05, 0.1) is 7.11 Å². The summed E-state index contributed by atoms with van der Waals surface area (Å²) in [5.74, 6) is 2.27. The first-order chi connectivity index (χ1) is 13.2. The Balaban J connectivity index is 1.74. The number of nitrogens with zero attached hydrogens (tertiary/aromatic N) is 3. The third kappa shape index (κ3) is 4.90. The van der Waals surface area contributed by atoms with Gasteiger partial charge in [-0.15, -0.1) is 0 Å². The van der Waals surface area contributed by atoms with Crippen molar-refractivity contribution in [2.75, 3.05) is 12.8 Å². The van der Waals surface area contributed by atoms with Gasteiger partial charge in [-0.2, -0.15) is 5.26 Å². The fourth-order valence-corrected chi connectivity index (χ4v) is 3.17. The average Bonchev–Trinajstić information content (AvgIpc) is 2.71. The monoisotopic (exact) mass is 378 g/mol. The van der Waals surface area contributed by atoms with Gasteiger partial charge >= 0.3 is 0 Å². The number of nitrogen functional groups attached to an aromatic ring is 1. The molecule has 2 N–H and O–H groups in total. The molecular formula is C20H18N4O2S. The van der Waals surface area contributed by atoms with E-state index in [0.717, 1.165) is 11.3 Å². The van der Waals surface area contributed by atoms with Crippen LogP contribution in [0, 0.1) is 11.3 Å². The summed E-state index contributed by atoms with van der Waals surface area (Å²) in [5, 5.41) is 9.89. The number of benzene rings is 2. The Morgan fingerprint density at radius 2 is 1.74 bits per heavy atom. The molecule has 6 nitrogen and oxygen atoms in total. The normalized spacial score (nSPS) is 10.2. The van der Waals surface area contributed by atoms with Crippen molar-refractivity contribution < 1.29 is 9.47 Å². The number of hydrogen-bond donors (Lipinski definition) is 1. The maximum absolute atomic E-state index is 9.37. The molecule has 2 aromatic carbocycles. The number of aromatic nitrogens is 2. The van der Waals surface area contributed by atoms with Gasteiger partial charge in [-0.05, 0) is 29.8 Å². The third-order valence-electron chi connectivity index (χ3n) is 3.75. The molecule has 0 atom stereocenters. The molecule has 0 aliphatic heterocycles. The predicted molar refractivity (Wildman–Crippen MR) is 104 cm³/mol. The molecule has 136 valence electrons. The SMILES string of the molecule is COc1ccc(OCc2nc(SCc3ccccc3)nc(N)c2C#N)cc1. The Morgan fingerprint density at radius 3 is 2.41 bits per heavy atom. The molecule has 0 amide bonds. The van der Waals surface area contributed by atoms with Crippen LogP contribution in [0.5, 0.6) is 11.5 Å². The van der Waals surface area contributed by atoms with Crippen LogP contribution >= 0.6 is 11.8 Å². The molecule has 0 radical (unpaired) electrons. The minimum Gasteiger partial charge on any atom is -0.497 e. The number of nitrogens with two attached hydrogens (primary N) is 1. The molecule has 3 aromatic rings. The Labute approximate surface area is 162 Å². The van der Waals surface area contributed by atoms with Gasteiger partial charge in [-0.1, -0.05) is 42.1 Å². The minimum absolute atomic E-state index is 0.126. The molecule has 7 heteroatoms. The standard InChI is InChI=1S/C20H18N4O2S/c1-25-15-7-9-16(10-8-15)26-12-18-17(11-21)19(22)24-20(23-18)27-13-14-5-3-2-4-6-14/h2-10H,12-13H2,1H3,(H2,22,23,24). The maximum Gasteiger partial charge on any atom is 0.190 e.